The SMILES string of the molecule is C=CC[Si](Br)(Br)Oc1ccccc1. The van der Waals surface area contributed by atoms with Crippen LogP contribution in [0.15, 0.2) is 43.0 Å². The molecule has 1 rings (SSSR count). The molecule has 0 aromatic heterocycles. The van der Waals surface area contributed by atoms with Gasteiger partial charge in [-0.25, -0.2) is 0 Å². The molecule has 0 saturated heterocycles. The van der Waals surface area contributed by atoms with Crippen LogP contribution in [0.1, 0.15) is 0 Å². The van der Waals surface area contributed by atoms with Crippen LogP contribution in [-0.2, 0) is 0 Å². The van der Waals surface area contributed by atoms with Gasteiger partial charge in [-0.15, -0.1) is 6.58 Å². The van der Waals surface area contributed by atoms with E-state index < -0.39 is 5.56 Å². The Morgan fingerprint density at radius 2 is 1.92 bits per heavy atom. The van der Waals surface area contributed by atoms with E-state index in [-0.39, 0.29) is 0 Å². The molecule has 0 saturated carbocycles. The Morgan fingerprint density at radius 1 is 1.31 bits per heavy atom. The van der Waals surface area contributed by atoms with Crippen LogP contribution in [0.25, 0.3) is 0 Å². The molecule has 0 atom stereocenters. The van der Waals surface area contributed by atoms with E-state index in [1.165, 1.54) is 0 Å². The molecule has 0 aliphatic rings. The van der Waals surface area contributed by atoms with E-state index >= 15 is 0 Å². The number of rotatable bonds is 4. The fourth-order valence-electron chi connectivity index (χ4n) is 0.871. The Bertz CT molecular complexity index is 274. The molecule has 1 aromatic carbocycles. The summed E-state index contributed by atoms with van der Waals surface area (Å²) >= 11 is 7.08. The second-order valence-electron chi connectivity index (χ2n) is 2.55. The first-order valence-electron chi connectivity index (χ1n) is 3.87. The predicted molar refractivity (Wildman–Crippen MR) is 65.7 cm³/mol. The van der Waals surface area contributed by atoms with Gasteiger partial charge in [-0.05, 0) is 12.1 Å². The van der Waals surface area contributed by atoms with Gasteiger partial charge < -0.3 is 4.43 Å². The van der Waals surface area contributed by atoms with E-state index in [0.717, 1.165) is 11.8 Å². The van der Waals surface area contributed by atoms with E-state index in [1.54, 1.807) is 0 Å². The molecule has 0 bridgehead atoms. The molecule has 13 heavy (non-hydrogen) atoms. The monoisotopic (exact) mass is 320 g/mol. The zero-order valence-corrected chi connectivity index (χ0v) is 11.2. The van der Waals surface area contributed by atoms with Crippen molar-refractivity contribution >= 4 is 36.1 Å². The summed E-state index contributed by atoms with van der Waals surface area (Å²) in [6.07, 6.45) is 1.85. The molecule has 1 nitrogen and oxygen atoms in total. The van der Waals surface area contributed by atoms with Gasteiger partial charge >= 0.3 is 5.56 Å². The molecule has 0 amide bonds. The van der Waals surface area contributed by atoms with Gasteiger partial charge in [-0.1, -0.05) is 54.9 Å². The third-order valence-corrected chi connectivity index (χ3v) is 5.60. The van der Waals surface area contributed by atoms with Crippen molar-refractivity contribution in [1.82, 2.24) is 0 Å². The van der Waals surface area contributed by atoms with Crippen molar-refractivity contribution in [2.24, 2.45) is 0 Å². The highest BCUT2D eigenvalue weighted by atomic mass is 79.9. The fraction of sp³-hybridized carbons (Fsp3) is 0.111. The number of halogens is 2. The predicted octanol–water partition coefficient (Wildman–Crippen LogP) is 3.98. The van der Waals surface area contributed by atoms with Crippen molar-refractivity contribution in [3.63, 3.8) is 0 Å². The van der Waals surface area contributed by atoms with Gasteiger partial charge in [0.15, 0.2) is 0 Å². The lowest BCUT2D eigenvalue weighted by molar-refractivity contribution is 0.586. The van der Waals surface area contributed by atoms with Gasteiger partial charge in [0.25, 0.3) is 0 Å². The largest absolute Gasteiger partial charge is 0.524 e. The standard InChI is InChI=1S/C9H10Br2OSi/c1-2-8-13(10,11)12-9-6-4-3-5-7-9/h2-7H,1,8H2. The smallest absolute Gasteiger partial charge is 0.397 e. The second kappa shape index (κ2) is 4.98. The van der Waals surface area contributed by atoms with Gasteiger partial charge in [0.1, 0.15) is 5.75 Å². The molecule has 0 heterocycles. The summed E-state index contributed by atoms with van der Waals surface area (Å²) in [6, 6.07) is 10.6. The maximum atomic E-state index is 5.74. The summed E-state index contributed by atoms with van der Waals surface area (Å²) in [4.78, 5) is 0. The average molecular weight is 322 g/mol. The highest BCUT2D eigenvalue weighted by molar-refractivity contribution is 9.50. The molecule has 1 aromatic rings. The lowest BCUT2D eigenvalue weighted by Crippen LogP contribution is -2.25. The van der Waals surface area contributed by atoms with Crippen LogP contribution in [0.2, 0.25) is 6.04 Å². The second-order valence-corrected chi connectivity index (χ2v) is 15.3. The van der Waals surface area contributed by atoms with Crippen LogP contribution in [0.4, 0.5) is 0 Å². The number of hydrogen-bond donors (Lipinski definition) is 0. The molecule has 0 radical (unpaired) electrons. The van der Waals surface area contributed by atoms with Crippen LogP contribution in [0.5, 0.6) is 5.75 Å². The summed E-state index contributed by atoms with van der Waals surface area (Å²) in [6.45, 7) is 3.68. The van der Waals surface area contributed by atoms with Gasteiger partial charge in [-0.3, -0.25) is 0 Å². The van der Waals surface area contributed by atoms with E-state index in [0.29, 0.717) is 0 Å². The molecular weight excluding hydrogens is 312 g/mol. The summed E-state index contributed by atoms with van der Waals surface area (Å²) in [5.41, 5.74) is -1.94. The third-order valence-electron chi connectivity index (χ3n) is 1.39. The minimum atomic E-state index is -1.94. The first-order valence-corrected chi connectivity index (χ1v) is 10.5. The maximum absolute atomic E-state index is 5.74. The Balaban J connectivity index is 2.63. The first-order chi connectivity index (χ1) is 6.14. The molecule has 0 fully saturated rings. The summed E-state index contributed by atoms with van der Waals surface area (Å²) in [7, 11) is 0. The molecule has 4 heteroatoms. The molecule has 0 aliphatic heterocycles. The molecule has 0 spiro atoms. The lowest BCUT2D eigenvalue weighted by Gasteiger charge is -2.17. The van der Waals surface area contributed by atoms with Crippen LogP contribution in [0.3, 0.4) is 0 Å². The lowest BCUT2D eigenvalue weighted by atomic mass is 10.3. The van der Waals surface area contributed by atoms with Crippen LogP contribution < -0.4 is 4.43 Å². The van der Waals surface area contributed by atoms with Gasteiger partial charge in [0, 0.05) is 6.04 Å². The minimum Gasteiger partial charge on any atom is -0.524 e. The number of hydrogen-bond acceptors (Lipinski definition) is 1. The molecule has 0 N–H and O–H groups in total. The Kier molecular flexibility index (Phi) is 4.22. The molecule has 70 valence electrons. The quantitative estimate of drug-likeness (QED) is 0.463. The van der Waals surface area contributed by atoms with Gasteiger partial charge in [0.2, 0.25) is 0 Å². The van der Waals surface area contributed by atoms with Crippen molar-refractivity contribution in [2.45, 2.75) is 6.04 Å². The van der Waals surface area contributed by atoms with Crippen molar-refractivity contribution in [3.8, 4) is 5.75 Å². The fourth-order valence-corrected chi connectivity index (χ4v) is 4.27. The average Bonchev–Trinajstić information content (AvgIpc) is 2.04. The zero-order valence-electron chi connectivity index (χ0n) is 7.04. The van der Waals surface area contributed by atoms with Crippen LogP contribution >= 0.6 is 30.6 Å². The van der Waals surface area contributed by atoms with Crippen molar-refractivity contribution in [1.29, 1.82) is 0 Å². The van der Waals surface area contributed by atoms with Crippen LogP contribution in [-0.4, -0.2) is 5.56 Å². The van der Waals surface area contributed by atoms with Gasteiger partial charge in [-0.2, -0.15) is 0 Å². The van der Waals surface area contributed by atoms with E-state index in [2.05, 4.69) is 37.2 Å². The number of allylic oxidation sites excluding steroid dienone is 1. The molecule has 0 unspecified atom stereocenters. The summed E-state index contributed by atoms with van der Waals surface area (Å²) in [5, 5.41) is 0. The Labute approximate surface area is 95.1 Å². The maximum Gasteiger partial charge on any atom is 0.397 e. The minimum absolute atomic E-state index is 0.821. The third kappa shape index (κ3) is 4.11. The topological polar surface area (TPSA) is 9.23 Å². The summed E-state index contributed by atoms with van der Waals surface area (Å²) < 4.78 is 5.74. The number of benzene rings is 1. The van der Waals surface area contributed by atoms with E-state index in [9.17, 15) is 0 Å². The molecular formula is C9H10Br2OSi. The van der Waals surface area contributed by atoms with Crippen molar-refractivity contribution in [2.75, 3.05) is 0 Å². The van der Waals surface area contributed by atoms with E-state index in [4.69, 9.17) is 4.43 Å². The van der Waals surface area contributed by atoms with Crippen LogP contribution in [0, 0.1) is 0 Å². The zero-order chi connectivity index (χ0) is 9.73. The first kappa shape index (κ1) is 11.0. The van der Waals surface area contributed by atoms with E-state index in [1.807, 2.05) is 36.4 Å². The van der Waals surface area contributed by atoms with Gasteiger partial charge in [0.05, 0.1) is 0 Å². The normalized spacial score (nSPS) is 10.9. The number of para-hydroxylation sites is 1. The highest BCUT2D eigenvalue weighted by Gasteiger charge is 2.28. The van der Waals surface area contributed by atoms with Crippen molar-refractivity contribution in [3.05, 3.63) is 43.0 Å². The molecule has 0 aliphatic carbocycles. The van der Waals surface area contributed by atoms with Crippen molar-refractivity contribution < 1.29 is 4.43 Å². The summed E-state index contributed by atoms with van der Waals surface area (Å²) in [5.74, 6) is 0.879. The Morgan fingerprint density at radius 3 is 2.46 bits per heavy atom. The highest BCUT2D eigenvalue weighted by Crippen LogP contribution is 2.29. The Hall–Kier alpha value is -0.0631.